The van der Waals surface area contributed by atoms with Gasteiger partial charge in [-0.3, -0.25) is 9.59 Å². The second-order valence-corrected chi connectivity index (χ2v) is 6.26. The zero-order valence-corrected chi connectivity index (χ0v) is 14.9. The minimum atomic E-state index is -2.71. The summed E-state index contributed by atoms with van der Waals surface area (Å²) in [5.74, 6) is -0.426. The fourth-order valence-corrected chi connectivity index (χ4v) is 2.75. The molecule has 0 radical (unpaired) electrons. The highest BCUT2D eigenvalue weighted by Crippen LogP contribution is 2.32. The van der Waals surface area contributed by atoms with Gasteiger partial charge in [0.25, 0.3) is 5.91 Å². The first-order valence-corrected chi connectivity index (χ1v) is 8.53. The maximum atomic E-state index is 12.5. The van der Waals surface area contributed by atoms with Crippen molar-refractivity contribution in [2.24, 2.45) is 5.92 Å². The molecule has 2 amide bonds. The normalized spacial score (nSPS) is 15.2. The van der Waals surface area contributed by atoms with Crippen LogP contribution in [-0.2, 0) is 4.79 Å². The number of nitrogens with zero attached hydrogens (tertiary/aromatic N) is 4. The van der Waals surface area contributed by atoms with Gasteiger partial charge in [-0.1, -0.05) is 0 Å². The Morgan fingerprint density at radius 3 is 2.96 bits per heavy atom. The van der Waals surface area contributed by atoms with Crippen molar-refractivity contribution < 1.29 is 18.4 Å². The van der Waals surface area contributed by atoms with Gasteiger partial charge in [0.1, 0.15) is 6.33 Å². The molecule has 28 heavy (non-hydrogen) atoms. The van der Waals surface area contributed by atoms with Gasteiger partial charge in [-0.15, -0.1) is 10.2 Å². The average Bonchev–Trinajstić information content (AvgIpc) is 3.44. The molecule has 3 N–H and O–H groups in total. The summed E-state index contributed by atoms with van der Waals surface area (Å²) in [5.41, 5.74) is 0.543. The number of aromatic nitrogens is 4. The van der Waals surface area contributed by atoms with Crippen LogP contribution in [0, 0.1) is 5.92 Å². The van der Waals surface area contributed by atoms with Crippen LogP contribution in [0.1, 0.15) is 27.4 Å². The van der Waals surface area contributed by atoms with Gasteiger partial charge < -0.3 is 25.1 Å². The molecule has 0 saturated heterocycles. The van der Waals surface area contributed by atoms with Gasteiger partial charge in [-0.25, -0.2) is 4.98 Å². The summed E-state index contributed by atoms with van der Waals surface area (Å²) >= 11 is 0. The van der Waals surface area contributed by atoms with E-state index in [0.717, 1.165) is 18.4 Å². The molecule has 0 aromatic carbocycles. The van der Waals surface area contributed by atoms with Gasteiger partial charge in [0.05, 0.1) is 18.3 Å². The summed E-state index contributed by atoms with van der Waals surface area (Å²) in [6.45, 7) is -2.71. The Bertz CT molecular complexity index is 1160. The van der Waals surface area contributed by atoms with Crippen LogP contribution in [-0.4, -0.2) is 45.5 Å². The van der Waals surface area contributed by atoms with Crippen molar-refractivity contribution in [3.8, 4) is 5.75 Å². The average molecular weight is 384 g/mol. The van der Waals surface area contributed by atoms with Crippen molar-refractivity contribution >= 4 is 34.7 Å². The number of ether oxygens (including phenoxy) is 1. The van der Waals surface area contributed by atoms with Gasteiger partial charge in [0.15, 0.2) is 23.1 Å². The maximum Gasteiger partial charge on any atom is 0.273 e. The molecule has 0 spiro atoms. The van der Waals surface area contributed by atoms with Gasteiger partial charge in [-0.2, -0.15) is 0 Å². The third-order valence-corrected chi connectivity index (χ3v) is 4.32. The Labute approximate surface area is 164 Å². The topological polar surface area (TPSA) is 123 Å². The summed E-state index contributed by atoms with van der Waals surface area (Å²) in [7, 11) is 1.48. The number of fused-ring (bicyclic) bond motifs is 1. The third-order valence-electron chi connectivity index (χ3n) is 4.32. The smallest absolute Gasteiger partial charge is 0.273 e. The van der Waals surface area contributed by atoms with E-state index in [2.05, 4.69) is 25.8 Å². The van der Waals surface area contributed by atoms with E-state index in [1.165, 1.54) is 13.2 Å². The van der Waals surface area contributed by atoms with E-state index in [0.29, 0.717) is 5.75 Å². The predicted molar refractivity (Wildman–Crippen MR) is 102 cm³/mol. The fourth-order valence-electron chi connectivity index (χ4n) is 2.75. The Balaban J connectivity index is 1.72. The van der Waals surface area contributed by atoms with E-state index in [9.17, 15) is 9.59 Å². The van der Waals surface area contributed by atoms with Crippen LogP contribution in [0.25, 0.3) is 5.52 Å². The lowest BCUT2D eigenvalue weighted by molar-refractivity contribution is -0.117. The monoisotopic (exact) mass is 384 g/mol. The second-order valence-electron chi connectivity index (χ2n) is 6.26. The van der Waals surface area contributed by atoms with Crippen LogP contribution in [0.15, 0.2) is 30.7 Å². The molecular formula is C18H19N7O3. The summed E-state index contributed by atoms with van der Waals surface area (Å²) in [4.78, 5) is 28.9. The minimum Gasteiger partial charge on any atom is -0.491 e. The van der Waals surface area contributed by atoms with Gasteiger partial charge in [-0.05, 0) is 25.0 Å². The van der Waals surface area contributed by atoms with E-state index in [1.807, 2.05) is 17.4 Å². The number of nitrogens with one attached hydrogen (secondary N) is 3. The first-order chi connectivity index (χ1) is 14.7. The number of carbonyl (C=O) groups excluding carboxylic acids is 2. The van der Waals surface area contributed by atoms with Gasteiger partial charge in [0, 0.05) is 29.3 Å². The molecule has 3 aromatic rings. The first-order valence-electron chi connectivity index (χ1n) is 10.0. The van der Waals surface area contributed by atoms with Crippen LogP contribution >= 0.6 is 0 Å². The van der Waals surface area contributed by atoms with E-state index in [1.54, 1.807) is 16.9 Å². The summed E-state index contributed by atoms with van der Waals surface area (Å²) in [6, 6.07) is 5.03. The molecule has 144 valence electrons. The molecule has 0 atom stereocenters. The highest BCUT2D eigenvalue weighted by atomic mass is 16.5. The number of methoxy groups -OCH3 is 1. The summed E-state index contributed by atoms with van der Waals surface area (Å²) in [5, 5.41) is 15.2. The molecular weight excluding hydrogens is 362 g/mol. The highest BCUT2D eigenvalue weighted by Gasteiger charge is 2.30. The molecule has 0 unspecified atom stereocenters. The molecule has 3 aromatic heterocycles. The Morgan fingerprint density at radius 2 is 2.21 bits per heavy atom. The molecule has 1 aliphatic carbocycles. The van der Waals surface area contributed by atoms with Gasteiger partial charge >= 0.3 is 0 Å². The Morgan fingerprint density at radius 1 is 1.36 bits per heavy atom. The predicted octanol–water partition coefficient (Wildman–Crippen LogP) is 1.58. The number of rotatable bonds is 6. The van der Waals surface area contributed by atoms with Crippen molar-refractivity contribution in [2.75, 3.05) is 24.7 Å². The number of hydrogen-bond acceptors (Lipinski definition) is 7. The number of amides is 2. The van der Waals surface area contributed by atoms with E-state index >= 15 is 0 Å². The van der Waals surface area contributed by atoms with Crippen molar-refractivity contribution in [1.82, 2.24) is 24.9 Å². The minimum absolute atomic E-state index is 0.0599. The quantitative estimate of drug-likeness (QED) is 0.590. The van der Waals surface area contributed by atoms with Crippen molar-refractivity contribution in [2.45, 2.75) is 12.8 Å². The zero-order chi connectivity index (χ0) is 22.2. The van der Waals surface area contributed by atoms with Crippen molar-refractivity contribution in [1.29, 1.82) is 0 Å². The molecule has 3 heterocycles. The summed E-state index contributed by atoms with van der Waals surface area (Å²) in [6.07, 6.45) is 4.96. The molecule has 1 fully saturated rings. The van der Waals surface area contributed by atoms with Crippen LogP contribution in [0.4, 0.5) is 17.3 Å². The Kier molecular flexibility index (Phi) is 3.67. The maximum absolute atomic E-state index is 12.5. The molecule has 10 heteroatoms. The number of carbonyl (C=O) groups is 2. The van der Waals surface area contributed by atoms with Crippen LogP contribution < -0.4 is 20.7 Å². The van der Waals surface area contributed by atoms with Crippen LogP contribution in [0.5, 0.6) is 5.75 Å². The summed E-state index contributed by atoms with van der Waals surface area (Å²) < 4.78 is 29.0. The third kappa shape index (κ3) is 3.31. The molecule has 0 aliphatic heterocycles. The second kappa shape index (κ2) is 7.14. The van der Waals surface area contributed by atoms with Crippen LogP contribution in [0.3, 0.4) is 0 Å². The largest absolute Gasteiger partial charge is 0.491 e. The molecule has 10 nitrogen and oxygen atoms in total. The zero-order valence-electron chi connectivity index (χ0n) is 17.9. The first kappa shape index (κ1) is 14.4. The number of anilines is 3. The van der Waals surface area contributed by atoms with E-state index < -0.39 is 12.9 Å². The fraction of sp³-hybridized carbons (Fsp3) is 0.278. The lowest BCUT2D eigenvalue weighted by Crippen LogP contribution is -2.22. The SMILES string of the molecule is [2H]C([2H])([2H])NC(=O)c1nnc(NC(=O)C2CC2)cc1Nc1ncn2cccc2c1OC. The Hall–Kier alpha value is -3.69. The van der Waals surface area contributed by atoms with Crippen molar-refractivity contribution in [3.05, 3.63) is 36.4 Å². The van der Waals surface area contributed by atoms with Crippen molar-refractivity contribution in [3.63, 3.8) is 0 Å². The van der Waals surface area contributed by atoms with E-state index in [-0.39, 0.29) is 34.8 Å². The molecule has 4 rings (SSSR count). The van der Waals surface area contributed by atoms with E-state index in [4.69, 9.17) is 8.85 Å². The highest BCUT2D eigenvalue weighted by molar-refractivity contribution is 5.99. The molecule has 0 bridgehead atoms. The van der Waals surface area contributed by atoms with Crippen LogP contribution in [0.2, 0.25) is 0 Å². The number of hydrogen-bond donors (Lipinski definition) is 3. The van der Waals surface area contributed by atoms with Gasteiger partial charge in [0.2, 0.25) is 5.91 Å². The lowest BCUT2D eigenvalue weighted by atomic mass is 10.2. The molecule has 1 aliphatic rings. The molecule has 1 saturated carbocycles. The lowest BCUT2D eigenvalue weighted by Gasteiger charge is -2.14. The standard InChI is InChI=1S/C18H19N7O3/c1-19-18(27)14-11(8-13(23-24-14)22-17(26)10-5-6-10)21-16-15(28-2)12-4-3-7-25(12)9-20-16/h3-4,7-10H,5-6H2,1-2H3,(H,19,27)(H2,21,22,23,26)/i1D3.